The number of benzene rings is 1. The smallest absolute Gasteiger partial charge is 0.243 e. The van der Waals surface area contributed by atoms with Gasteiger partial charge in [-0.1, -0.05) is 6.92 Å². The molecule has 2 rings (SSSR count). The molecule has 0 bridgehead atoms. The summed E-state index contributed by atoms with van der Waals surface area (Å²) in [4.78, 5) is 13.8. The Hall–Kier alpha value is -1.60. The SMILES string of the molecule is CCC(=O)N1CCN(S(=O)(=O)c2c(C)cc(OC)cc2C)CC1. The van der Waals surface area contributed by atoms with Gasteiger partial charge in [0.05, 0.1) is 12.0 Å². The van der Waals surface area contributed by atoms with Crippen LogP contribution in [0.1, 0.15) is 24.5 Å². The van der Waals surface area contributed by atoms with Crippen LogP contribution in [0.3, 0.4) is 0 Å². The lowest BCUT2D eigenvalue weighted by atomic mass is 10.1. The first-order valence-electron chi connectivity index (χ1n) is 7.74. The summed E-state index contributed by atoms with van der Waals surface area (Å²) in [5, 5.41) is 0. The molecule has 0 radical (unpaired) electrons. The van der Waals surface area contributed by atoms with E-state index in [9.17, 15) is 13.2 Å². The van der Waals surface area contributed by atoms with Crippen LogP contribution in [0.4, 0.5) is 0 Å². The number of hydrogen-bond donors (Lipinski definition) is 0. The molecule has 1 aromatic carbocycles. The molecular weight excluding hydrogens is 316 g/mol. The highest BCUT2D eigenvalue weighted by molar-refractivity contribution is 7.89. The molecule has 0 unspecified atom stereocenters. The van der Waals surface area contributed by atoms with Gasteiger partial charge in [0.2, 0.25) is 15.9 Å². The number of nitrogens with zero attached hydrogens (tertiary/aromatic N) is 2. The first-order chi connectivity index (χ1) is 10.8. The summed E-state index contributed by atoms with van der Waals surface area (Å²) in [6, 6.07) is 3.47. The fraction of sp³-hybridized carbons (Fsp3) is 0.562. The minimum Gasteiger partial charge on any atom is -0.497 e. The van der Waals surface area contributed by atoms with E-state index in [0.717, 1.165) is 0 Å². The lowest BCUT2D eigenvalue weighted by molar-refractivity contribution is -0.132. The number of carbonyl (C=O) groups excluding carboxylic acids is 1. The number of sulfonamides is 1. The van der Waals surface area contributed by atoms with E-state index in [4.69, 9.17) is 4.74 Å². The predicted octanol–water partition coefficient (Wildman–Crippen LogP) is 1.55. The summed E-state index contributed by atoms with van der Waals surface area (Å²) >= 11 is 0. The lowest BCUT2D eigenvalue weighted by Crippen LogP contribution is -2.50. The molecule has 1 saturated heterocycles. The van der Waals surface area contributed by atoms with E-state index in [1.807, 2.05) is 6.92 Å². The lowest BCUT2D eigenvalue weighted by Gasteiger charge is -2.34. The zero-order valence-corrected chi connectivity index (χ0v) is 14.9. The quantitative estimate of drug-likeness (QED) is 0.834. The van der Waals surface area contributed by atoms with Gasteiger partial charge in [0.1, 0.15) is 5.75 Å². The van der Waals surface area contributed by atoms with Crippen LogP contribution in [0.5, 0.6) is 5.75 Å². The highest BCUT2D eigenvalue weighted by Gasteiger charge is 2.31. The molecule has 0 spiro atoms. The Kier molecular flexibility index (Phi) is 5.31. The van der Waals surface area contributed by atoms with E-state index in [1.54, 1.807) is 38.0 Å². The Morgan fingerprint density at radius 3 is 2.09 bits per heavy atom. The molecule has 1 aromatic rings. The normalized spacial score (nSPS) is 16.4. The van der Waals surface area contributed by atoms with Crippen molar-refractivity contribution in [3.63, 3.8) is 0 Å². The van der Waals surface area contributed by atoms with Crippen molar-refractivity contribution in [3.8, 4) is 5.75 Å². The number of amides is 1. The average Bonchev–Trinajstić information content (AvgIpc) is 2.53. The number of piperazine rings is 1. The molecule has 0 N–H and O–H groups in total. The van der Waals surface area contributed by atoms with Crippen LogP contribution in [-0.4, -0.2) is 56.8 Å². The molecule has 0 saturated carbocycles. The van der Waals surface area contributed by atoms with Crippen LogP contribution in [0, 0.1) is 13.8 Å². The Balaban J connectivity index is 2.25. The van der Waals surface area contributed by atoms with Gasteiger partial charge in [-0.3, -0.25) is 4.79 Å². The van der Waals surface area contributed by atoms with Crippen LogP contribution in [0.15, 0.2) is 17.0 Å². The fourth-order valence-corrected chi connectivity index (χ4v) is 4.80. The van der Waals surface area contributed by atoms with Crippen LogP contribution in [-0.2, 0) is 14.8 Å². The highest BCUT2D eigenvalue weighted by Crippen LogP contribution is 2.28. The molecule has 6 nitrogen and oxygen atoms in total. The van der Waals surface area contributed by atoms with Gasteiger partial charge >= 0.3 is 0 Å². The van der Waals surface area contributed by atoms with Crippen molar-refractivity contribution in [2.24, 2.45) is 0 Å². The maximum atomic E-state index is 13.0. The zero-order valence-electron chi connectivity index (χ0n) is 14.1. The van der Waals surface area contributed by atoms with Crippen molar-refractivity contribution in [2.75, 3.05) is 33.3 Å². The Labute approximate surface area is 138 Å². The third kappa shape index (κ3) is 3.50. The van der Waals surface area contributed by atoms with Gasteiger partial charge in [-0.2, -0.15) is 4.31 Å². The second-order valence-corrected chi connectivity index (χ2v) is 7.60. The van der Waals surface area contributed by atoms with Crippen molar-refractivity contribution in [2.45, 2.75) is 32.1 Å². The van der Waals surface area contributed by atoms with Crippen LogP contribution < -0.4 is 4.74 Å². The largest absolute Gasteiger partial charge is 0.497 e. The van der Waals surface area contributed by atoms with Gasteiger partial charge in [0.25, 0.3) is 0 Å². The highest BCUT2D eigenvalue weighted by atomic mass is 32.2. The molecule has 0 aliphatic carbocycles. The minimum absolute atomic E-state index is 0.0684. The van der Waals surface area contributed by atoms with E-state index in [1.165, 1.54) is 4.31 Å². The van der Waals surface area contributed by atoms with Crippen LogP contribution >= 0.6 is 0 Å². The molecule has 1 fully saturated rings. The molecule has 0 aromatic heterocycles. The maximum Gasteiger partial charge on any atom is 0.243 e. The summed E-state index contributed by atoms with van der Waals surface area (Å²) in [6.07, 6.45) is 0.448. The van der Waals surface area contributed by atoms with Gasteiger partial charge < -0.3 is 9.64 Å². The van der Waals surface area contributed by atoms with Gasteiger partial charge in [-0.25, -0.2) is 8.42 Å². The van der Waals surface area contributed by atoms with E-state index in [2.05, 4.69) is 0 Å². The number of methoxy groups -OCH3 is 1. The average molecular weight is 340 g/mol. The van der Waals surface area contributed by atoms with Gasteiger partial charge in [0.15, 0.2) is 0 Å². The van der Waals surface area contributed by atoms with E-state index >= 15 is 0 Å². The number of hydrogen-bond acceptors (Lipinski definition) is 4. The zero-order chi connectivity index (χ0) is 17.2. The Morgan fingerprint density at radius 1 is 1.13 bits per heavy atom. The third-order valence-corrected chi connectivity index (χ3v) is 6.37. The summed E-state index contributed by atoms with van der Waals surface area (Å²) in [6.45, 7) is 6.92. The van der Waals surface area contributed by atoms with Crippen LogP contribution in [0.2, 0.25) is 0 Å². The maximum absolute atomic E-state index is 13.0. The molecule has 0 atom stereocenters. The fourth-order valence-electron chi connectivity index (χ4n) is 2.97. The molecule has 1 heterocycles. The second-order valence-electron chi connectivity index (χ2n) is 5.73. The van der Waals surface area contributed by atoms with Crippen molar-refractivity contribution in [1.29, 1.82) is 0 Å². The summed E-state index contributed by atoms with van der Waals surface area (Å²) in [5.41, 5.74) is 1.35. The van der Waals surface area contributed by atoms with E-state index in [-0.39, 0.29) is 5.91 Å². The van der Waals surface area contributed by atoms with E-state index < -0.39 is 10.0 Å². The summed E-state index contributed by atoms with van der Waals surface area (Å²) in [7, 11) is -2.00. The first-order valence-corrected chi connectivity index (χ1v) is 9.18. The summed E-state index contributed by atoms with van der Waals surface area (Å²) < 4.78 is 32.6. The van der Waals surface area contributed by atoms with Crippen molar-refractivity contribution < 1.29 is 17.9 Å². The number of ether oxygens (including phenoxy) is 1. The standard InChI is InChI=1S/C16H24N2O4S/c1-5-15(19)17-6-8-18(9-7-17)23(20,21)16-12(2)10-14(22-4)11-13(16)3/h10-11H,5-9H2,1-4H3. The van der Waals surface area contributed by atoms with Gasteiger partial charge in [0, 0.05) is 32.6 Å². The topological polar surface area (TPSA) is 66.9 Å². The Bertz CT molecular complexity index is 669. The molecule has 7 heteroatoms. The Morgan fingerprint density at radius 2 is 1.65 bits per heavy atom. The molecule has 1 amide bonds. The molecular formula is C16H24N2O4S. The monoisotopic (exact) mass is 340 g/mol. The number of carbonyl (C=O) groups is 1. The predicted molar refractivity (Wildman–Crippen MR) is 88.1 cm³/mol. The van der Waals surface area contributed by atoms with E-state index in [0.29, 0.717) is 54.4 Å². The minimum atomic E-state index is -3.56. The number of rotatable bonds is 4. The van der Waals surface area contributed by atoms with Crippen molar-refractivity contribution in [3.05, 3.63) is 23.3 Å². The second kappa shape index (κ2) is 6.88. The third-order valence-electron chi connectivity index (χ3n) is 4.16. The molecule has 1 aliphatic rings. The van der Waals surface area contributed by atoms with Crippen molar-refractivity contribution >= 4 is 15.9 Å². The first kappa shape index (κ1) is 17.7. The summed E-state index contributed by atoms with van der Waals surface area (Å²) in [5.74, 6) is 0.719. The molecule has 23 heavy (non-hydrogen) atoms. The van der Waals surface area contributed by atoms with Gasteiger partial charge in [-0.15, -0.1) is 0 Å². The van der Waals surface area contributed by atoms with Gasteiger partial charge in [-0.05, 0) is 37.1 Å². The van der Waals surface area contributed by atoms with Crippen LogP contribution in [0.25, 0.3) is 0 Å². The van der Waals surface area contributed by atoms with Crippen molar-refractivity contribution in [1.82, 2.24) is 9.21 Å². The number of aryl methyl sites for hydroxylation is 2. The molecule has 1 aliphatic heterocycles. The molecule has 128 valence electrons.